The van der Waals surface area contributed by atoms with Crippen LogP contribution in [0.3, 0.4) is 0 Å². The molecule has 2 aromatic rings. The highest BCUT2D eigenvalue weighted by Gasteiger charge is 2.30. The van der Waals surface area contributed by atoms with Gasteiger partial charge in [0.25, 0.3) is 5.91 Å². The molecule has 170 valence electrons. The Morgan fingerprint density at radius 1 is 1.34 bits per heavy atom. The van der Waals surface area contributed by atoms with Crippen LogP contribution in [0.25, 0.3) is 11.0 Å². The number of carbonyl (C=O) groups excluding carboxylic acids is 3. The van der Waals surface area contributed by atoms with E-state index in [0.29, 0.717) is 36.2 Å². The molecule has 0 aliphatic carbocycles. The van der Waals surface area contributed by atoms with E-state index in [1.54, 1.807) is 18.2 Å². The largest absolute Gasteiger partial charge is 0.494 e. The fraction of sp³-hybridized carbons (Fsp3) is 0.500. The Balaban J connectivity index is 1.71. The number of rotatable bonds is 9. The molecule has 32 heavy (non-hydrogen) atoms. The van der Waals surface area contributed by atoms with E-state index in [9.17, 15) is 19.6 Å². The number of para-hydroxylation sites is 1. The third-order valence-electron chi connectivity index (χ3n) is 5.40. The lowest BCUT2D eigenvalue weighted by Gasteiger charge is -2.22. The van der Waals surface area contributed by atoms with Crippen LogP contribution >= 0.6 is 0 Å². The molecule has 2 heterocycles. The molecule has 3 unspecified atom stereocenters. The van der Waals surface area contributed by atoms with Gasteiger partial charge in [-0.1, -0.05) is 19.9 Å². The van der Waals surface area contributed by atoms with Crippen molar-refractivity contribution < 1.29 is 19.1 Å². The van der Waals surface area contributed by atoms with Gasteiger partial charge < -0.3 is 25.7 Å². The predicted molar refractivity (Wildman–Crippen MR) is 117 cm³/mol. The summed E-state index contributed by atoms with van der Waals surface area (Å²) in [6.45, 7) is 4.44. The molecular formula is C22H28N6O4. The van der Waals surface area contributed by atoms with E-state index in [0.717, 1.165) is 0 Å². The molecule has 0 saturated carbocycles. The highest BCUT2D eigenvalue weighted by Crippen LogP contribution is 2.23. The number of aromatic nitrogens is 2. The van der Waals surface area contributed by atoms with Gasteiger partial charge in [-0.15, -0.1) is 0 Å². The summed E-state index contributed by atoms with van der Waals surface area (Å²) in [5.41, 5.74) is 1.16. The third-order valence-corrected chi connectivity index (χ3v) is 5.40. The first-order valence-corrected chi connectivity index (χ1v) is 10.6. The smallest absolute Gasteiger partial charge is 0.287 e. The number of benzene rings is 1. The molecule has 3 atom stereocenters. The van der Waals surface area contributed by atoms with E-state index >= 15 is 0 Å². The van der Waals surface area contributed by atoms with E-state index < -0.39 is 23.9 Å². The van der Waals surface area contributed by atoms with Crippen molar-refractivity contribution in [2.75, 3.05) is 13.7 Å². The zero-order valence-corrected chi connectivity index (χ0v) is 18.4. The maximum absolute atomic E-state index is 12.9. The number of nitriles is 1. The monoisotopic (exact) mass is 440 g/mol. The average Bonchev–Trinajstić information content (AvgIpc) is 3.38. The lowest BCUT2D eigenvalue weighted by molar-refractivity contribution is -0.125. The molecule has 3 rings (SSSR count). The van der Waals surface area contributed by atoms with Crippen molar-refractivity contribution in [2.24, 2.45) is 11.8 Å². The van der Waals surface area contributed by atoms with Crippen LogP contribution < -0.4 is 20.7 Å². The number of fused-ring (bicyclic) bond motifs is 1. The standard InChI is InChI=1S/C22H28N6O4/c1-12(2)9-16(21(30)25-14(11-23)10-13-7-8-24-20(13)29)27-22(31)19-26-15-5-4-6-17(32-3)18(15)28-19/h4-6,12-14,16H,7-10H2,1-3H3,(H,24,29)(H,25,30)(H,26,28)(H,27,31). The molecule has 0 bridgehead atoms. The first-order chi connectivity index (χ1) is 15.3. The highest BCUT2D eigenvalue weighted by atomic mass is 16.5. The summed E-state index contributed by atoms with van der Waals surface area (Å²) in [7, 11) is 1.53. The fourth-order valence-electron chi connectivity index (χ4n) is 3.78. The van der Waals surface area contributed by atoms with Crippen LogP contribution in [0.1, 0.15) is 43.7 Å². The normalized spacial score (nSPS) is 17.5. The Morgan fingerprint density at radius 2 is 2.12 bits per heavy atom. The van der Waals surface area contributed by atoms with Crippen molar-refractivity contribution in [3.63, 3.8) is 0 Å². The number of nitrogens with one attached hydrogen (secondary N) is 4. The second-order valence-electron chi connectivity index (χ2n) is 8.30. The maximum Gasteiger partial charge on any atom is 0.287 e. The molecule has 0 spiro atoms. The number of imidazole rings is 1. The molecule has 1 aromatic carbocycles. The second kappa shape index (κ2) is 10.1. The van der Waals surface area contributed by atoms with E-state index in [2.05, 4.69) is 25.9 Å². The van der Waals surface area contributed by atoms with Crippen molar-refractivity contribution >= 4 is 28.8 Å². The summed E-state index contributed by atoms with van der Waals surface area (Å²) in [5, 5.41) is 17.6. The Labute approximate surface area is 186 Å². The van der Waals surface area contributed by atoms with Crippen LogP contribution in [-0.2, 0) is 9.59 Å². The number of nitrogens with zero attached hydrogens (tertiary/aromatic N) is 2. The maximum atomic E-state index is 12.9. The first-order valence-electron chi connectivity index (χ1n) is 10.6. The molecule has 10 nitrogen and oxygen atoms in total. The number of aromatic amines is 1. The SMILES string of the molecule is COc1cccc2nc(C(=O)NC(CC(C)C)C(=O)NC(C#N)CC3CCNC3=O)[nH]c12. The molecule has 1 aliphatic rings. The van der Waals surface area contributed by atoms with Gasteiger partial charge in [0.15, 0.2) is 5.82 Å². The Hall–Kier alpha value is -3.61. The average molecular weight is 441 g/mol. The van der Waals surface area contributed by atoms with Gasteiger partial charge in [0.05, 0.1) is 18.7 Å². The Morgan fingerprint density at radius 3 is 2.75 bits per heavy atom. The van der Waals surface area contributed by atoms with Crippen LogP contribution in [0.2, 0.25) is 0 Å². The predicted octanol–water partition coefficient (Wildman–Crippen LogP) is 1.25. The number of methoxy groups -OCH3 is 1. The summed E-state index contributed by atoms with van der Waals surface area (Å²) in [4.78, 5) is 44.8. The van der Waals surface area contributed by atoms with Gasteiger partial charge in [-0.05, 0) is 37.3 Å². The van der Waals surface area contributed by atoms with E-state index in [1.165, 1.54) is 7.11 Å². The fourth-order valence-corrected chi connectivity index (χ4v) is 3.78. The van der Waals surface area contributed by atoms with Gasteiger partial charge in [0.1, 0.15) is 23.3 Å². The minimum absolute atomic E-state index is 0.0607. The Bertz CT molecular complexity index is 1040. The molecule has 1 fully saturated rings. The molecule has 3 amide bonds. The summed E-state index contributed by atoms with van der Waals surface area (Å²) in [6, 6.07) is 5.64. The Kier molecular flexibility index (Phi) is 7.30. The van der Waals surface area contributed by atoms with Crippen molar-refractivity contribution in [3.05, 3.63) is 24.0 Å². The van der Waals surface area contributed by atoms with Gasteiger partial charge in [-0.2, -0.15) is 5.26 Å². The third kappa shape index (κ3) is 5.35. The van der Waals surface area contributed by atoms with Gasteiger partial charge in [-0.25, -0.2) is 4.98 Å². The number of hydrogen-bond acceptors (Lipinski definition) is 6. The molecule has 0 radical (unpaired) electrons. The van der Waals surface area contributed by atoms with E-state index in [1.807, 2.05) is 19.9 Å². The van der Waals surface area contributed by atoms with Crippen LogP contribution in [0, 0.1) is 23.2 Å². The summed E-state index contributed by atoms with van der Waals surface area (Å²) in [6.07, 6.45) is 1.25. The van der Waals surface area contributed by atoms with Crippen LogP contribution in [0.4, 0.5) is 0 Å². The van der Waals surface area contributed by atoms with Crippen LogP contribution in [-0.4, -0.2) is 53.4 Å². The van der Waals surface area contributed by atoms with E-state index in [4.69, 9.17) is 4.74 Å². The molecule has 10 heteroatoms. The zero-order chi connectivity index (χ0) is 23.3. The summed E-state index contributed by atoms with van der Waals surface area (Å²) in [5.74, 6) is -0.680. The summed E-state index contributed by atoms with van der Waals surface area (Å²) < 4.78 is 5.28. The van der Waals surface area contributed by atoms with Crippen LogP contribution in [0.5, 0.6) is 5.75 Å². The quantitative estimate of drug-likeness (QED) is 0.461. The minimum atomic E-state index is -0.856. The molecule has 1 aromatic heterocycles. The van der Waals surface area contributed by atoms with E-state index in [-0.39, 0.29) is 30.0 Å². The van der Waals surface area contributed by atoms with Crippen molar-refractivity contribution in [3.8, 4) is 11.8 Å². The highest BCUT2D eigenvalue weighted by molar-refractivity contribution is 5.98. The minimum Gasteiger partial charge on any atom is -0.494 e. The number of amides is 3. The van der Waals surface area contributed by atoms with Gasteiger partial charge in [-0.3, -0.25) is 14.4 Å². The topological polar surface area (TPSA) is 149 Å². The van der Waals surface area contributed by atoms with Crippen molar-refractivity contribution in [1.29, 1.82) is 5.26 Å². The van der Waals surface area contributed by atoms with Gasteiger partial charge in [0, 0.05) is 12.5 Å². The van der Waals surface area contributed by atoms with Crippen molar-refractivity contribution in [1.82, 2.24) is 25.9 Å². The second-order valence-corrected chi connectivity index (χ2v) is 8.30. The van der Waals surface area contributed by atoms with Crippen LogP contribution in [0.15, 0.2) is 18.2 Å². The number of carbonyl (C=O) groups is 3. The zero-order valence-electron chi connectivity index (χ0n) is 18.4. The van der Waals surface area contributed by atoms with Gasteiger partial charge >= 0.3 is 0 Å². The lowest BCUT2D eigenvalue weighted by atomic mass is 9.98. The molecule has 1 saturated heterocycles. The number of ether oxygens (including phenoxy) is 1. The van der Waals surface area contributed by atoms with Crippen molar-refractivity contribution in [2.45, 2.75) is 45.2 Å². The number of hydrogen-bond donors (Lipinski definition) is 4. The molecule has 4 N–H and O–H groups in total. The molecular weight excluding hydrogens is 412 g/mol. The lowest BCUT2D eigenvalue weighted by Crippen LogP contribution is -2.50. The van der Waals surface area contributed by atoms with Gasteiger partial charge in [0.2, 0.25) is 11.8 Å². The number of H-pyrrole nitrogens is 1. The molecule has 1 aliphatic heterocycles. The first kappa shape index (κ1) is 23.1. The summed E-state index contributed by atoms with van der Waals surface area (Å²) >= 11 is 0.